The number of likely N-dealkylation sites (tertiary alicyclic amines) is 1. The zero-order valence-electron chi connectivity index (χ0n) is 11.1. The van der Waals surface area contributed by atoms with E-state index in [1.165, 1.54) is 0 Å². The molecule has 2 bridgehead atoms. The van der Waals surface area contributed by atoms with Gasteiger partial charge in [-0.2, -0.15) is 0 Å². The Morgan fingerprint density at radius 1 is 1.44 bits per heavy atom. The number of fused-ring (bicyclic) bond motifs is 2. The molecule has 0 aromatic rings. The molecule has 0 aromatic carbocycles. The summed E-state index contributed by atoms with van der Waals surface area (Å²) in [5.74, 6) is 1.25. The van der Waals surface area contributed by atoms with Crippen LogP contribution in [-0.4, -0.2) is 35.5 Å². The molecule has 1 amide bonds. The Hall–Kier alpha value is -0.900. The van der Waals surface area contributed by atoms with Crippen molar-refractivity contribution in [3.63, 3.8) is 0 Å². The topological polar surface area (TPSA) is 46.6 Å². The van der Waals surface area contributed by atoms with Crippen LogP contribution in [0.2, 0.25) is 0 Å². The van der Waals surface area contributed by atoms with Gasteiger partial charge >= 0.3 is 0 Å². The molecule has 0 aromatic heterocycles. The summed E-state index contributed by atoms with van der Waals surface area (Å²) >= 11 is 0. The van der Waals surface area contributed by atoms with E-state index in [2.05, 4.69) is 13.8 Å². The molecule has 18 heavy (non-hydrogen) atoms. The van der Waals surface area contributed by atoms with Crippen LogP contribution in [0.3, 0.4) is 0 Å². The van der Waals surface area contributed by atoms with Gasteiger partial charge in [-0.3, -0.25) is 9.59 Å². The summed E-state index contributed by atoms with van der Waals surface area (Å²) in [6, 6.07) is 0. The molecule has 0 spiro atoms. The van der Waals surface area contributed by atoms with Gasteiger partial charge in [0, 0.05) is 24.8 Å². The number of hydrogen-bond donors (Lipinski definition) is 0. The van der Waals surface area contributed by atoms with Crippen molar-refractivity contribution in [2.45, 2.75) is 38.5 Å². The number of nitrogens with zero attached hydrogens (tertiary/aromatic N) is 1. The standard InChI is InChI=1S/C14H19NO3/c1-6(2)5-14-10-8-4-7(11(16)12(8)18-14)9(10)13(17)15(14)3/h6-10,12H,4-5H2,1-3H3. The van der Waals surface area contributed by atoms with Crippen LogP contribution in [0.5, 0.6) is 0 Å². The molecule has 2 saturated heterocycles. The summed E-state index contributed by atoms with van der Waals surface area (Å²) in [7, 11) is 1.86. The number of ketones is 1. The molecular formula is C14H19NO3. The molecule has 4 fully saturated rings. The lowest BCUT2D eigenvalue weighted by molar-refractivity contribution is -0.170. The normalized spacial score (nSPS) is 52.2. The monoisotopic (exact) mass is 249 g/mol. The lowest BCUT2D eigenvalue weighted by Crippen LogP contribution is -2.48. The Bertz CT molecular complexity index is 460. The second-order valence-corrected chi connectivity index (χ2v) is 6.84. The van der Waals surface area contributed by atoms with Gasteiger partial charge in [-0.05, 0) is 18.8 Å². The Kier molecular flexibility index (Phi) is 1.82. The maximum absolute atomic E-state index is 12.4. The smallest absolute Gasteiger partial charge is 0.228 e. The summed E-state index contributed by atoms with van der Waals surface area (Å²) in [4.78, 5) is 26.5. The first-order valence-electron chi connectivity index (χ1n) is 6.96. The quantitative estimate of drug-likeness (QED) is 0.735. The van der Waals surface area contributed by atoms with Crippen LogP contribution in [0.25, 0.3) is 0 Å². The van der Waals surface area contributed by atoms with Crippen LogP contribution in [0, 0.1) is 29.6 Å². The summed E-state index contributed by atoms with van der Waals surface area (Å²) in [6.07, 6.45) is 1.52. The molecule has 2 aliphatic carbocycles. The van der Waals surface area contributed by atoms with Gasteiger partial charge < -0.3 is 9.64 Å². The SMILES string of the molecule is CC(C)CC12OC3C(=O)C4CC3C1C4C(=O)N2C. The largest absolute Gasteiger partial charge is 0.344 e. The first-order chi connectivity index (χ1) is 8.47. The van der Waals surface area contributed by atoms with Crippen molar-refractivity contribution in [1.82, 2.24) is 4.90 Å². The molecule has 2 aliphatic heterocycles. The first kappa shape index (κ1) is 11.0. The maximum atomic E-state index is 12.4. The minimum Gasteiger partial charge on any atom is -0.344 e. The number of carbonyl (C=O) groups is 2. The number of Topliss-reactive ketones (excluding diaryl/α,β-unsaturated/α-hetero) is 1. The van der Waals surface area contributed by atoms with Crippen molar-refractivity contribution >= 4 is 11.7 Å². The Morgan fingerprint density at radius 2 is 2.17 bits per heavy atom. The van der Waals surface area contributed by atoms with Crippen LogP contribution in [0.4, 0.5) is 0 Å². The lowest BCUT2D eigenvalue weighted by atomic mass is 9.76. The highest BCUT2D eigenvalue weighted by molar-refractivity contribution is 5.98. The van der Waals surface area contributed by atoms with Crippen molar-refractivity contribution < 1.29 is 14.3 Å². The third kappa shape index (κ3) is 0.921. The fraction of sp³-hybridized carbons (Fsp3) is 0.857. The zero-order valence-corrected chi connectivity index (χ0v) is 11.1. The van der Waals surface area contributed by atoms with E-state index in [9.17, 15) is 9.59 Å². The van der Waals surface area contributed by atoms with Crippen molar-refractivity contribution in [1.29, 1.82) is 0 Å². The minimum absolute atomic E-state index is 0.0449. The third-order valence-corrected chi connectivity index (χ3v) is 5.58. The van der Waals surface area contributed by atoms with Crippen LogP contribution in [0.1, 0.15) is 26.7 Å². The van der Waals surface area contributed by atoms with Crippen molar-refractivity contribution in [3.05, 3.63) is 0 Å². The second kappa shape index (κ2) is 2.98. The van der Waals surface area contributed by atoms with E-state index in [-0.39, 0.29) is 35.5 Å². The summed E-state index contributed by atoms with van der Waals surface area (Å²) in [6.45, 7) is 4.30. The van der Waals surface area contributed by atoms with Crippen LogP contribution >= 0.6 is 0 Å². The summed E-state index contributed by atoms with van der Waals surface area (Å²) in [5, 5.41) is 0. The van der Waals surface area contributed by atoms with Gasteiger partial charge in [0.15, 0.2) is 5.78 Å². The fourth-order valence-electron chi connectivity index (χ4n) is 5.13. The second-order valence-electron chi connectivity index (χ2n) is 6.84. The molecule has 0 N–H and O–H groups in total. The van der Waals surface area contributed by atoms with Gasteiger partial charge in [0.1, 0.15) is 11.8 Å². The van der Waals surface area contributed by atoms with E-state index in [0.717, 1.165) is 12.8 Å². The minimum atomic E-state index is -0.480. The highest BCUT2D eigenvalue weighted by Crippen LogP contribution is 2.67. The Morgan fingerprint density at radius 3 is 2.83 bits per heavy atom. The van der Waals surface area contributed by atoms with E-state index in [0.29, 0.717) is 11.8 Å². The van der Waals surface area contributed by atoms with E-state index in [1.54, 1.807) is 0 Å². The number of ether oxygens (including phenoxy) is 1. The van der Waals surface area contributed by atoms with Gasteiger partial charge in [-0.25, -0.2) is 0 Å². The molecule has 6 unspecified atom stereocenters. The van der Waals surface area contributed by atoms with Gasteiger partial charge in [0.25, 0.3) is 0 Å². The number of hydrogen-bond acceptors (Lipinski definition) is 3. The number of carbonyl (C=O) groups excluding carboxylic acids is 2. The fourth-order valence-corrected chi connectivity index (χ4v) is 5.13. The molecule has 98 valence electrons. The molecular weight excluding hydrogens is 230 g/mol. The molecule has 0 radical (unpaired) electrons. The van der Waals surface area contributed by atoms with Crippen LogP contribution in [-0.2, 0) is 14.3 Å². The van der Waals surface area contributed by atoms with Crippen LogP contribution < -0.4 is 0 Å². The Labute approximate surface area is 107 Å². The average molecular weight is 249 g/mol. The number of rotatable bonds is 2. The maximum Gasteiger partial charge on any atom is 0.228 e. The molecule has 2 saturated carbocycles. The van der Waals surface area contributed by atoms with Crippen molar-refractivity contribution in [2.75, 3.05) is 7.05 Å². The van der Waals surface area contributed by atoms with Gasteiger partial charge in [-0.15, -0.1) is 0 Å². The van der Waals surface area contributed by atoms with Crippen LogP contribution in [0.15, 0.2) is 0 Å². The first-order valence-corrected chi connectivity index (χ1v) is 6.96. The predicted molar refractivity (Wildman–Crippen MR) is 63.4 cm³/mol. The average Bonchev–Trinajstić information content (AvgIpc) is 2.93. The molecule has 4 rings (SSSR count). The predicted octanol–water partition coefficient (Wildman–Crippen LogP) is 1.05. The third-order valence-electron chi connectivity index (χ3n) is 5.58. The molecule has 4 nitrogen and oxygen atoms in total. The summed E-state index contributed by atoms with van der Waals surface area (Å²) in [5.41, 5.74) is -0.480. The van der Waals surface area contributed by atoms with E-state index in [4.69, 9.17) is 4.74 Å². The van der Waals surface area contributed by atoms with E-state index in [1.807, 2.05) is 11.9 Å². The number of amides is 1. The lowest BCUT2D eigenvalue weighted by Gasteiger charge is -2.37. The van der Waals surface area contributed by atoms with Crippen molar-refractivity contribution in [3.8, 4) is 0 Å². The molecule has 6 atom stereocenters. The van der Waals surface area contributed by atoms with Gasteiger partial charge in [0.05, 0.1) is 5.92 Å². The zero-order chi connectivity index (χ0) is 12.8. The van der Waals surface area contributed by atoms with E-state index < -0.39 is 5.72 Å². The molecule has 2 heterocycles. The summed E-state index contributed by atoms with van der Waals surface area (Å²) < 4.78 is 6.18. The van der Waals surface area contributed by atoms with E-state index >= 15 is 0 Å². The molecule has 4 heteroatoms. The van der Waals surface area contributed by atoms with Gasteiger partial charge in [0.2, 0.25) is 5.91 Å². The highest BCUT2D eigenvalue weighted by Gasteiger charge is 2.77. The van der Waals surface area contributed by atoms with Crippen molar-refractivity contribution in [2.24, 2.45) is 29.6 Å². The Balaban J connectivity index is 1.85. The van der Waals surface area contributed by atoms with Gasteiger partial charge in [-0.1, -0.05) is 13.8 Å². The highest BCUT2D eigenvalue weighted by atomic mass is 16.5. The molecule has 4 aliphatic rings.